The van der Waals surface area contributed by atoms with E-state index in [1.165, 1.54) is 59.9 Å². The van der Waals surface area contributed by atoms with E-state index < -0.39 is 0 Å². The quantitative estimate of drug-likeness (QED) is 0.426. The van der Waals surface area contributed by atoms with E-state index in [4.69, 9.17) is 0 Å². The van der Waals surface area contributed by atoms with Crippen molar-refractivity contribution in [3.8, 4) is 0 Å². The van der Waals surface area contributed by atoms with Crippen LogP contribution >= 0.6 is 0 Å². The van der Waals surface area contributed by atoms with Gasteiger partial charge in [-0.3, -0.25) is 0 Å². The molecule has 0 nitrogen and oxygen atoms in total. The van der Waals surface area contributed by atoms with Gasteiger partial charge in [0.2, 0.25) is 0 Å². The molecular weight excluding hydrogens is 324 g/mol. The third-order valence-corrected chi connectivity index (χ3v) is 5.32. The maximum Gasteiger partial charge on any atom is -0.00329 e. The van der Waals surface area contributed by atoms with Crippen molar-refractivity contribution in [3.05, 3.63) is 119 Å². The first kappa shape index (κ1) is 17.5. The molecule has 3 aromatic rings. The van der Waals surface area contributed by atoms with E-state index in [2.05, 4.69) is 97.1 Å². The lowest BCUT2D eigenvalue weighted by Gasteiger charge is -2.18. The van der Waals surface area contributed by atoms with Crippen molar-refractivity contribution in [1.29, 1.82) is 0 Å². The van der Waals surface area contributed by atoms with Crippen LogP contribution in [0, 0.1) is 0 Å². The Morgan fingerprint density at radius 3 is 1.44 bits per heavy atom. The zero-order valence-corrected chi connectivity index (χ0v) is 15.8. The van der Waals surface area contributed by atoms with Crippen LogP contribution < -0.4 is 0 Å². The SMILES string of the molecule is C(=C1CCCCC1)C(=C(c1ccccc1)c1ccccc1)c1ccccc1. The number of hydrogen-bond acceptors (Lipinski definition) is 0. The van der Waals surface area contributed by atoms with Gasteiger partial charge in [0, 0.05) is 0 Å². The Morgan fingerprint density at radius 1 is 0.519 bits per heavy atom. The van der Waals surface area contributed by atoms with Crippen molar-refractivity contribution in [2.24, 2.45) is 0 Å². The van der Waals surface area contributed by atoms with Crippen LogP contribution in [-0.4, -0.2) is 0 Å². The van der Waals surface area contributed by atoms with Crippen LogP contribution in [-0.2, 0) is 0 Å². The van der Waals surface area contributed by atoms with E-state index in [-0.39, 0.29) is 0 Å². The molecule has 0 radical (unpaired) electrons. The Balaban J connectivity index is 1.97. The average molecular weight is 351 g/mol. The molecule has 3 aromatic carbocycles. The summed E-state index contributed by atoms with van der Waals surface area (Å²) < 4.78 is 0. The van der Waals surface area contributed by atoms with Crippen LogP contribution in [0.15, 0.2) is 103 Å². The first-order valence-corrected chi connectivity index (χ1v) is 10.0. The minimum Gasteiger partial charge on any atom is -0.0696 e. The topological polar surface area (TPSA) is 0 Å². The Bertz CT molecular complexity index is 866. The molecule has 0 unspecified atom stereocenters. The Labute approximate surface area is 162 Å². The zero-order valence-electron chi connectivity index (χ0n) is 15.8. The molecule has 0 amide bonds. The fourth-order valence-corrected chi connectivity index (χ4v) is 3.96. The van der Waals surface area contributed by atoms with Crippen LogP contribution in [0.4, 0.5) is 0 Å². The third kappa shape index (κ3) is 4.28. The second kappa shape index (κ2) is 8.68. The van der Waals surface area contributed by atoms with Crippen molar-refractivity contribution in [2.45, 2.75) is 32.1 Å². The van der Waals surface area contributed by atoms with Gasteiger partial charge in [0.15, 0.2) is 0 Å². The van der Waals surface area contributed by atoms with Gasteiger partial charge in [-0.05, 0) is 53.5 Å². The lowest BCUT2D eigenvalue weighted by molar-refractivity contribution is 0.599. The minimum atomic E-state index is 1.23. The van der Waals surface area contributed by atoms with Crippen LogP contribution in [0.25, 0.3) is 11.1 Å². The van der Waals surface area contributed by atoms with Crippen molar-refractivity contribution >= 4 is 11.1 Å². The molecule has 0 heteroatoms. The third-order valence-electron chi connectivity index (χ3n) is 5.32. The average Bonchev–Trinajstić information content (AvgIpc) is 2.76. The summed E-state index contributed by atoms with van der Waals surface area (Å²) in [5, 5.41) is 0. The molecule has 134 valence electrons. The number of rotatable bonds is 4. The molecule has 1 aliphatic carbocycles. The van der Waals surface area contributed by atoms with Gasteiger partial charge in [0.1, 0.15) is 0 Å². The van der Waals surface area contributed by atoms with Crippen LogP contribution in [0.2, 0.25) is 0 Å². The normalized spacial score (nSPS) is 13.9. The van der Waals surface area contributed by atoms with Gasteiger partial charge >= 0.3 is 0 Å². The fraction of sp³-hybridized carbons (Fsp3) is 0.185. The molecule has 0 bridgehead atoms. The second-order valence-electron chi connectivity index (χ2n) is 7.25. The Kier molecular flexibility index (Phi) is 5.64. The summed E-state index contributed by atoms with van der Waals surface area (Å²) in [5.41, 5.74) is 8.08. The summed E-state index contributed by atoms with van der Waals surface area (Å²) in [6.45, 7) is 0. The zero-order chi connectivity index (χ0) is 18.3. The van der Waals surface area contributed by atoms with E-state index >= 15 is 0 Å². The number of benzene rings is 3. The van der Waals surface area contributed by atoms with E-state index in [1.807, 2.05) is 0 Å². The molecule has 0 aromatic heterocycles. The summed E-state index contributed by atoms with van der Waals surface area (Å²) in [6.07, 6.45) is 8.94. The van der Waals surface area contributed by atoms with Gasteiger partial charge in [-0.15, -0.1) is 0 Å². The molecule has 0 saturated heterocycles. The highest BCUT2D eigenvalue weighted by atomic mass is 14.2. The molecule has 0 atom stereocenters. The van der Waals surface area contributed by atoms with E-state index in [0.717, 1.165) is 0 Å². The van der Waals surface area contributed by atoms with Crippen molar-refractivity contribution in [1.82, 2.24) is 0 Å². The molecule has 27 heavy (non-hydrogen) atoms. The first-order chi connectivity index (χ1) is 13.4. The van der Waals surface area contributed by atoms with Gasteiger partial charge < -0.3 is 0 Å². The monoisotopic (exact) mass is 350 g/mol. The highest BCUT2D eigenvalue weighted by Gasteiger charge is 2.14. The predicted octanol–water partition coefficient (Wildman–Crippen LogP) is 7.54. The molecule has 1 fully saturated rings. The summed E-state index contributed by atoms with van der Waals surface area (Å²) in [6, 6.07) is 32.5. The maximum absolute atomic E-state index is 2.48. The Morgan fingerprint density at radius 2 is 0.963 bits per heavy atom. The van der Waals surface area contributed by atoms with Crippen LogP contribution in [0.3, 0.4) is 0 Å². The second-order valence-corrected chi connectivity index (χ2v) is 7.25. The van der Waals surface area contributed by atoms with Crippen LogP contribution in [0.5, 0.6) is 0 Å². The minimum absolute atomic E-state index is 1.23. The number of allylic oxidation sites excluding steroid dienone is 3. The summed E-state index contributed by atoms with van der Waals surface area (Å²) >= 11 is 0. The van der Waals surface area contributed by atoms with Crippen molar-refractivity contribution in [3.63, 3.8) is 0 Å². The molecular formula is C27H26. The highest BCUT2D eigenvalue weighted by Crippen LogP contribution is 2.35. The first-order valence-electron chi connectivity index (χ1n) is 10.0. The molecule has 1 saturated carbocycles. The number of hydrogen-bond donors (Lipinski definition) is 0. The van der Waals surface area contributed by atoms with E-state index in [1.54, 1.807) is 5.57 Å². The Hall–Kier alpha value is -2.86. The standard InChI is InChI=1S/C27H26/c1-5-13-22(14-6-1)21-26(23-15-7-2-8-16-23)27(24-17-9-3-10-18-24)25-19-11-4-12-20-25/h2-4,7-12,15-21H,1,5-6,13-14H2. The summed E-state index contributed by atoms with van der Waals surface area (Å²) in [5.74, 6) is 0. The van der Waals surface area contributed by atoms with Gasteiger partial charge in [0.05, 0.1) is 0 Å². The molecule has 0 N–H and O–H groups in total. The fourth-order valence-electron chi connectivity index (χ4n) is 3.96. The van der Waals surface area contributed by atoms with Gasteiger partial charge in [-0.1, -0.05) is 109 Å². The highest BCUT2D eigenvalue weighted by molar-refractivity contribution is 6.02. The maximum atomic E-state index is 2.48. The van der Waals surface area contributed by atoms with Crippen LogP contribution in [0.1, 0.15) is 48.8 Å². The predicted molar refractivity (Wildman–Crippen MR) is 116 cm³/mol. The van der Waals surface area contributed by atoms with Gasteiger partial charge in [0.25, 0.3) is 0 Å². The summed E-state index contributed by atoms with van der Waals surface area (Å²) in [4.78, 5) is 0. The molecule has 0 heterocycles. The lowest BCUT2D eigenvalue weighted by atomic mass is 9.86. The van der Waals surface area contributed by atoms with Gasteiger partial charge in [-0.25, -0.2) is 0 Å². The molecule has 0 aliphatic heterocycles. The van der Waals surface area contributed by atoms with Crippen molar-refractivity contribution < 1.29 is 0 Å². The summed E-state index contributed by atoms with van der Waals surface area (Å²) in [7, 11) is 0. The molecule has 0 spiro atoms. The lowest BCUT2D eigenvalue weighted by Crippen LogP contribution is -1.98. The van der Waals surface area contributed by atoms with Gasteiger partial charge in [-0.2, -0.15) is 0 Å². The van der Waals surface area contributed by atoms with E-state index in [9.17, 15) is 0 Å². The molecule has 4 rings (SSSR count). The van der Waals surface area contributed by atoms with E-state index in [0.29, 0.717) is 0 Å². The molecule has 1 aliphatic rings. The smallest absolute Gasteiger partial charge is 0.00329 e. The van der Waals surface area contributed by atoms with Crippen molar-refractivity contribution in [2.75, 3.05) is 0 Å². The largest absolute Gasteiger partial charge is 0.0696 e.